The van der Waals surface area contributed by atoms with Gasteiger partial charge in [0.15, 0.2) is 0 Å². The molecule has 3 aromatic carbocycles. The molecule has 156 valence electrons. The largest absolute Gasteiger partial charge is 0.352 e. The number of hydrogen-bond acceptors (Lipinski definition) is 3. The summed E-state index contributed by atoms with van der Waals surface area (Å²) in [6, 6.07) is 17.2. The van der Waals surface area contributed by atoms with Crippen molar-refractivity contribution >= 4 is 37.5 Å². The third-order valence-electron chi connectivity index (χ3n) is 4.39. The molecule has 0 heterocycles. The van der Waals surface area contributed by atoms with E-state index in [0.29, 0.717) is 23.1 Å². The number of aryl methyl sites for hydroxylation is 1. The van der Waals surface area contributed by atoms with Gasteiger partial charge in [-0.25, -0.2) is 12.8 Å². The van der Waals surface area contributed by atoms with E-state index >= 15 is 0 Å². The summed E-state index contributed by atoms with van der Waals surface area (Å²) >= 11 is 3.33. The van der Waals surface area contributed by atoms with Crippen LogP contribution < -0.4 is 10.0 Å². The van der Waals surface area contributed by atoms with Crippen LogP contribution in [0.5, 0.6) is 0 Å². The van der Waals surface area contributed by atoms with Gasteiger partial charge in [-0.1, -0.05) is 24.3 Å². The molecule has 0 unspecified atom stereocenters. The van der Waals surface area contributed by atoms with E-state index in [-0.39, 0.29) is 22.2 Å². The van der Waals surface area contributed by atoms with Crippen molar-refractivity contribution in [2.24, 2.45) is 0 Å². The van der Waals surface area contributed by atoms with Gasteiger partial charge in [-0.15, -0.1) is 0 Å². The lowest BCUT2D eigenvalue weighted by Crippen LogP contribution is -2.26. The third kappa shape index (κ3) is 5.67. The fourth-order valence-electron chi connectivity index (χ4n) is 2.80. The second kappa shape index (κ2) is 9.40. The van der Waals surface area contributed by atoms with Gasteiger partial charge < -0.3 is 5.32 Å². The Morgan fingerprint density at radius 3 is 2.50 bits per heavy atom. The first-order chi connectivity index (χ1) is 14.2. The first kappa shape index (κ1) is 22.0. The van der Waals surface area contributed by atoms with Crippen LogP contribution in [-0.2, 0) is 16.4 Å². The van der Waals surface area contributed by atoms with Crippen molar-refractivity contribution in [3.05, 3.63) is 93.7 Å². The van der Waals surface area contributed by atoms with Gasteiger partial charge in [-0.05, 0) is 82.9 Å². The highest BCUT2D eigenvalue weighted by molar-refractivity contribution is 9.10. The van der Waals surface area contributed by atoms with Crippen LogP contribution in [0.2, 0.25) is 0 Å². The van der Waals surface area contributed by atoms with Crippen molar-refractivity contribution in [1.82, 2.24) is 5.32 Å². The molecule has 1 amide bonds. The Morgan fingerprint density at radius 2 is 1.77 bits per heavy atom. The summed E-state index contributed by atoms with van der Waals surface area (Å²) < 4.78 is 41.6. The zero-order valence-corrected chi connectivity index (χ0v) is 18.6. The van der Waals surface area contributed by atoms with Crippen molar-refractivity contribution in [2.75, 3.05) is 11.3 Å². The van der Waals surface area contributed by atoms with Crippen molar-refractivity contribution in [1.29, 1.82) is 0 Å². The van der Waals surface area contributed by atoms with Crippen molar-refractivity contribution in [3.8, 4) is 0 Å². The molecule has 0 fully saturated rings. The fraction of sp³-hybridized carbons (Fsp3) is 0.136. The Balaban J connectivity index is 1.69. The normalized spacial score (nSPS) is 11.2. The summed E-state index contributed by atoms with van der Waals surface area (Å²) in [5.41, 5.74) is 2.45. The molecule has 0 saturated heterocycles. The van der Waals surface area contributed by atoms with Gasteiger partial charge >= 0.3 is 0 Å². The fourth-order valence-corrected chi connectivity index (χ4v) is 4.39. The second-order valence-corrected chi connectivity index (χ2v) is 9.29. The Bertz CT molecular complexity index is 1170. The van der Waals surface area contributed by atoms with Crippen LogP contribution in [0.3, 0.4) is 0 Å². The van der Waals surface area contributed by atoms with Gasteiger partial charge in [0.2, 0.25) is 0 Å². The monoisotopic (exact) mass is 490 g/mol. The Labute approximate surface area is 183 Å². The molecule has 0 radical (unpaired) electrons. The number of anilines is 1. The average Bonchev–Trinajstić information content (AvgIpc) is 2.72. The van der Waals surface area contributed by atoms with E-state index < -0.39 is 10.0 Å². The third-order valence-corrected chi connectivity index (χ3v) is 6.44. The molecular weight excluding hydrogens is 471 g/mol. The molecule has 0 saturated carbocycles. The van der Waals surface area contributed by atoms with E-state index in [4.69, 9.17) is 0 Å². The molecule has 3 rings (SSSR count). The second-order valence-electron chi connectivity index (χ2n) is 6.75. The van der Waals surface area contributed by atoms with Crippen LogP contribution >= 0.6 is 15.9 Å². The van der Waals surface area contributed by atoms with Crippen LogP contribution in [-0.4, -0.2) is 20.9 Å². The highest BCUT2D eigenvalue weighted by Gasteiger charge is 2.18. The van der Waals surface area contributed by atoms with E-state index in [2.05, 4.69) is 26.0 Å². The first-order valence-corrected chi connectivity index (χ1v) is 11.4. The highest BCUT2D eigenvalue weighted by atomic mass is 79.9. The summed E-state index contributed by atoms with van der Waals surface area (Å²) in [6.45, 7) is 2.21. The van der Waals surface area contributed by atoms with Crippen LogP contribution in [0, 0.1) is 12.7 Å². The van der Waals surface area contributed by atoms with Crippen LogP contribution in [0.15, 0.2) is 76.1 Å². The number of nitrogens with one attached hydrogen (secondary N) is 2. The van der Waals surface area contributed by atoms with Crippen molar-refractivity contribution in [2.45, 2.75) is 18.2 Å². The van der Waals surface area contributed by atoms with Crippen molar-refractivity contribution < 1.29 is 17.6 Å². The lowest BCUT2D eigenvalue weighted by atomic mass is 10.1. The highest BCUT2D eigenvalue weighted by Crippen LogP contribution is 2.26. The number of sulfonamides is 1. The van der Waals surface area contributed by atoms with Gasteiger partial charge in [-0.3, -0.25) is 9.52 Å². The Kier molecular flexibility index (Phi) is 6.89. The molecule has 3 aromatic rings. The Hall–Kier alpha value is -2.71. The molecular formula is C22H20BrFN2O3S. The maximum atomic E-state index is 12.9. The van der Waals surface area contributed by atoms with Gasteiger partial charge in [0.1, 0.15) is 5.82 Å². The molecule has 0 spiro atoms. The summed E-state index contributed by atoms with van der Waals surface area (Å²) in [4.78, 5) is 12.4. The topological polar surface area (TPSA) is 75.3 Å². The standard InChI is InChI=1S/C22H20BrFN2O3S/c1-15-5-10-20(23)21(13-15)26-30(28,29)19-4-2-3-17(14-19)22(27)25-12-11-16-6-8-18(24)9-7-16/h2-10,13-14,26H,11-12H2,1H3,(H,25,27). The maximum Gasteiger partial charge on any atom is 0.261 e. The molecule has 0 aliphatic rings. The number of halogens is 2. The van der Waals surface area contributed by atoms with Crippen LogP contribution in [0.25, 0.3) is 0 Å². The molecule has 0 aliphatic heterocycles. The van der Waals surface area contributed by atoms with Crippen LogP contribution in [0.1, 0.15) is 21.5 Å². The molecule has 5 nitrogen and oxygen atoms in total. The van der Waals surface area contributed by atoms with E-state index in [9.17, 15) is 17.6 Å². The molecule has 8 heteroatoms. The smallest absolute Gasteiger partial charge is 0.261 e. The molecule has 0 atom stereocenters. The lowest BCUT2D eigenvalue weighted by molar-refractivity contribution is 0.0954. The number of amides is 1. The predicted octanol–water partition coefficient (Wildman–Crippen LogP) is 4.67. The summed E-state index contributed by atoms with van der Waals surface area (Å²) in [5, 5.41) is 2.75. The molecule has 30 heavy (non-hydrogen) atoms. The van der Waals surface area contributed by atoms with Gasteiger partial charge in [0, 0.05) is 16.6 Å². The minimum atomic E-state index is -3.87. The lowest BCUT2D eigenvalue weighted by Gasteiger charge is -2.12. The molecule has 0 aromatic heterocycles. The Morgan fingerprint density at radius 1 is 1.03 bits per heavy atom. The first-order valence-electron chi connectivity index (χ1n) is 9.16. The minimum Gasteiger partial charge on any atom is -0.352 e. The van der Waals surface area contributed by atoms with Gasteiger partial charge in [-0.2, -0.15) is 0 Å². The quantitative estimate of drug-likeness (QED) is 0.505. The van der Waals surface area contributed by atoms with Crippen molar-refractivity contribution in [3.63, 3.8) is 0 Å². The van der Waals surface area contributed by atoms with Gasteiger partial charge in [0.05, 0.1) is 10.6 Å². The SMILES string of the molecule is Cc1ccc(Br)c(NS(=O)(=O)c2cccc(C(=O)NCCc3ccc(F)cc3)c2)c1. The predicted molar refractivity (Wildman–Crippen MR) is 119 cm³/mol. The number of benzene rings is 3. The summed E-state index contributed by atoms with van der Waals surface area (Å²) in [5.74, 6) is -0.696. The molecule has 0 aliphatic carbocycles. The average molecular weight is 491 g/mol. The molecule has 0 bridgehead atoms. The zero-order chi connectivity index (χ0) is 21.7. The van der Waals surface area contributed by atoms with Gasteiger partial charge in [0.25, 0.3) is 15.9 Å². The number of rotatable bonds is 7. The van der Waals surface area contributed by atoms with E-state index in [1.165, 1.54) is 30.3 Å². The van der Waals surface area contributed by atoms with E-state index in [1.807, 2.05) is 13.0 Å². The summed E-state index contributed by atoms with van der Waals surface area (Å²) in [6.07, 6.45) is 0.535. The number of hydrogen-bond donors (Lipinski definition) is 2. The van der Waals surface area contributed by atoms with E-state index in [1.54, 1.807) is 30.3 Å². The maximum absolute atomic E-state index is 12.9. The summed E-state index contributed by atoms with van der Waals surface area (Å²) in [7, 11) is -3.87. The molecule has 2 N–H and O–H groups in total. The van der Waals surface area contributed by atoms with E-state index in [0.717, 1.165) is 11.1 Å². The number of carbonyl (C=O) groups excluding carboxylic acids is 1. The van der Waals surface area contributed by atoms with Crippen LogP contribution in [0.4, 0.5) is 10.1 Å². The zero-order valence-electron chi connectivity index (χ0n) is 16.2. The number of carbonyl (C=O) groups is 1. The minimum absolute atomic E-state index is 0.0120.